The second-order valence-corrected chi connectivity index (χ2v) is 5.13. The molecule has 2 rings (SSSR count). The van der Waals surface area contributed by atoms with Crippen LogP contribution in [0.4, 0.5) is 0 Å². The van der Waals surface area contributed by atoms with Gasteiger partial charge in [0, 0.05) is 11.4 Å². The van der Waals surface area contributed by atoms with Gasteiger partial charge >= 0.3 is 0 Å². The van der Waals surface area contributed by atoms with E-state index in [1.807, 2.05) is 23.6 Å². The number of carbonyl (C=O) groups excluding carboxylic acids is 2. The quantitative estimate of drug-likeness (QED) is 0.526. The van der Waals surface area contributed by atoms with E-state index in [-0.39, 0.29) is 16.6 Å². The number of amides is 2. The Bertz CT molecular complexity index is 573. The normalized spacial score (nSPS) is 18.5. The summed E-state index contributed by atoms with van der Waals surface area (Å²) in [5.74, 6) is -0.803. The molecule has 0 saturated carbocycles. The Hall–Kier alpha value is -1.79. The van der Waals surface area contributed by atoms with Crippen molar-refractivity contribution in [3.05, 3.63) is 40.1 Å². The van der Waals surface area contributed by atoms with Crippen LogP contribution in [0, 0.1) is 0 Å². The monoisotopic (exact) mass is 292 g/mol. The molecule has 0 aromatic carbocycles. The molecule has 19 heavy (non-hydrogen) atoms. The summed E-state index contributed by atoms with van der Waals surface area (Å²) in [6.07, 6.45) is 5.06. The van der Waals surface area contributed by atoms with Gasteiger partial charge in [-0.1, -0.05) is 12.1 Å². The Labute approximate surface area is 120 Å². The molecule has 1 aromatic rings. The third-order valence-electron chi connectivity index (χ3n) is 2.57. The van der Waals surface area contributed by atoms with E-state index in [1.165, 1.54) is 11.0 Å². The van der Waals surface area contributed by atoms with Crippen LogP contribution in [-0.4, -0.2) is 28.4 Å². The number of nitrogens with zero attached hydrogens (tertiary/aromatic N) is 1. The van der Waals surface area contributed by atoms with Gasteiger partial charge < -0.3 is 0 Å². The predicted octanol–water partition coefficient (Wildman–Crippen LogP) is 1.95. The van der Waals surface area contributed by atoms with E-state index in [9.17, 15) is 9.59 Å². The van der Waals surface area contributed by atoms with E-state index < -0.39 is 5.91 Å². The van der Waals surface area contributed by atoms with Gasteiger partial charge in [-0.3, -0.25) is 19.8 Å². The maximum atomic E-state index is 12.0. The number of thiophene rings is 1. The van der Waals surface area contributed by atoms with Gasteiger partial charge in [0.05, 0.1) is 0 Å². The zero-order valence-electron chi connectivity index (χ0n) is 10.3. The number of carbonyl (C=O) groups is 2. The summed E-state index contributed by atoms with van der Waals surface area (Å²) in [6, 6.07) is 3.89. The average Bonchev–Trinajstić information content (AvgIpc) is 2.86. The van der Waals surface area contributed by atoms with Gasteiger partial charge in [0.25, 0.3) is 11.8 Å². The van der Waals surface area contributed by atoms with Gasteiger partial charge in [0.2, 0.25) is 0 Å². The van der Waals surface area contributed by atoms with Crippen LogP contribution < -0.4 is 5.32 Å². The number of hydrogen-bond donors (Lipinski definition) is 1. The molecule has 0 unspecified atom stereocenters. The molecule has 1 aliphatic rings. The van der Waals surface area contributed by atoms with Gasteiger partial charge in [0.1, 0.15) is 5.57 Å². The van der Waals surface area contributed by atoms with Crippen LogP contribution in [0.25, 0.3) is 6.08 Å². The van der Waals surface area contributed by atoms with Crippen molar-refractivity contribution in [3.8, 4) is 0 Å². The number of nitrogens with one attached hydrogen (secondary N) is 1. The molecule has 2 amide bonds. The first-order chi connectivity index (χ1) is 9.13. The Morgan fingerprint density at radius 1 is 1.47 bits per heavy atom. The molecular formula is C13H12N2O2S2. The van der Waals surface area contributed by atoms with Crippen LogP contribution >= 0.6 is 23.6 Å². The van der Waals surface area contributed by atoms with Crippen molar-refractivity contribution in [2.75, 3.05) is 6.54 Å². The highest BCUT2D eigenvalue weighted by atomic mass is 32.1. The van der Waals surface area contributed by atoms with E-state index >= 15 is 0 Å². The summed E-state index contributed by atoms with van der Waals surface area (Å²) >= 11 is 6.52. The second kappa shape index (κ2) is 5.90. The molecule has 1 aromatic heterocycles. The zero-order valence-corrected chi connectivity index (χ0v) is 11.9. The Morgan fingerprint density at radius 2 is 2.26 bits per heavy atom. The Balaban J connectivity index is 2.20. The van der Waals surface area contributed by atoms with Crippen molar-refractivity contribution < 1.29 is 9.59 Å². The second-order valence-electron chi connectivity index (χ2n) is 3.76. The highest BCUT2D eigenvalue weighted by molar-refractivity contribution is 7.80. The highest BCUT2D eigenvalue weighted by Gasteiger charge is 2.31. The summed E-state index contributed by atoms with van der Waals surface area (Å²) < 4.78 is 0. The minimum Gasteiger partial charge on any atom is -0.298 e. The molecule has 0 atom stereocenters. The smallest absolute Gasteiger partial charge is 0.265 e. The largest absolute Gasteiger partial charge is 0.298 e. The summed E-state index contributed by atoms with van der Waals surface area (Å²) in [4.78, 5) is 26.2. The molecule has 98 valence electrons. The molecule has 1 N–H and O–H groups in total. The lowest BCUT2D eigenvalue weighted by atomic mass is 10.1. The minimum atomic E-state index is -0.449. The third-order valence-corrected chi connectivity index (χ3v) is 3.73. The van der Waals surface area contributed by atoms with E-state index in [2.05, 4.69) is 5.32 Å². The molecule has 4 nitrogen and oxygen atoms in total. The van der Waals surface area contributed by atoms with Crippen LogP contribution in [-0.2, 0) is 9.59 Å². The van der Waals surface area contributed by atoms with Crippen LogP contribution in [0.15, 0.2) is 35.2 Å². The molecule has 0 bridgehead atoms. The number of allylic oxidation sites excluding steroid dienone is 2. The van der Waals surface area contributed by atoms with Gasteiger partial charge in [-0.15, -0.1) is 11.3 Å². The minimum absolute atomic E-state index is 0.100. The summed E-state index contributed by atoms with van der Waals surface area (Å²) in [5.41, 5.74) is 0.100. The standard InChI is InChI=1S/C13H12N2O2S2/c1-2-15-12(17)10(11(16)14-13(15)18)7-3-5-9-6-4-8-19-9/h3-8H,2H2,1H3,(H,14,16,18)/b5-3+,10-7-. The van der Waals surface area contributed by atoms with Crippen molar-refractivity contribution in [2.45, 2.75) is 6.92 Å². The van der Waals surface area contributed by atoms with E-state index in [0.29, 0.717) is 6.54 Å². The molecular weight excluding hydrogens is 280 g/mol. The van der Waals surface area contributed by atoms with E-state index in [1.54, 1.807) is 24.3 Å². The molecule has 1 aliphatic heterocycles. The predicted molar refractivity (Wildman–Crippen MR) is 79.6 cm³/mol. The van der Waals surface area contributed by atoms with E-state index in [0.717, 1.165) is 4.88 Å². The molecule has 0 aliphatic carbocycles. The first-order valence-corrected chi connectivity index (χ1v) is 7.01. The SMILES string of the molecule is CCN1C(=O)/C(=C\C=C\c2cccs2)C(=O)NC1=S. The van der Waals surface area contributed by atoms with Crippen LogP contribution in [0.2, 0.25) is 0 Å². The van der Waals surface area contributed by atoms with Crippen molar-refractivity contribution in [1.82, 2.24) is 10.2 Å². The average molecular weight is 292 g/mol. The van der Waals surface area contributed by atoms with Crippen molar-refractivity contribution in [3.63, 3.8) is 0 Å². The maximum absolute atomic E-state index is 12.0. The van der Waals surface area contributed by atoms with Gasteiger partial charge in [0.15, 0.2) is 5.11 Å². The molecule has 2 heterocycles. The molecule has 0 spiro atoms. The van der Waals surface area contributed by atoms with E-state index in [4.69, 9.17) is 12.2 Å². The first kappa shape index (κ1) is 13.6. The lowest BCUT2D eigenvalue weighted by Crippen LogP contribution is -2.53. The van der Waals surface area contributed by atoms with Gasteiger partial charge in [-0.05, 0) is 42.7 Å². The van der Waals surface area contributed by atoms with Crippen molar-refractivity contribution in [1.29, 1.82) is 0 Å². The van der Waals surface area contributed by atoms with Crippen molar-refractivity contribution in [2.24, 2.45) is 0 Å². The first-order valence-electron chi connectivity index (χ1n) is 5.72. The summed E-state index contributed by atoms with van der Waals surface area (Å²) in [7, 11) is 0. The fourth-order valence-electron chi connectivity index (χ4n) is 1.63. The topological polar surface area (TPSA) is 49.4 Å². The van der Waals surface area contributed by atoms with Gasteiger partial charge in [-0.25, -0.2) is 0 Å². The Kier molecular flexibility index (Phi) is 4.24. The zero-order chi connectivity index (χ0) is 13.8. The summed E-state index contributed by atoms with van der Waals surface area (Å²) in [5, 5.41) is 4.63. The number of thiocarbonyl (C=S) groups is 1. The molecule has 0 radical (unpaired) electrons. The molecule has 6 heteroatoms. The maximum Gasteiger partial charge on any atom is 0.265 e. The highest BCUT2D eigenvalue weighted by Crippen LogP contribution is 2.13. The fourth-order valence-corrected chi connectivity index (χ4v) is 2.56. The molecule has 1 saturated heterocycles. The molecule has 1 fully saturated rings. The number of likely N-dealkylation sites (N-methyl/N-ethyl adjacent to an activating group) is 1. The summed E-state index contributed by atoms with van der Waals surface area (Å²) in [6.45, 7) is 2.24. The van der Waals surface area contributed by atoms with Crippen molar-refractivity contribution >= 4 is 46.6 Å². The fraction of sp³-hybridized carbons (Fsp3) is 0.154. The Morgan fingerprint density at radius 3 is 2.89 bits per heavy atom. The number of hydrogen-bond acceptors (Lipinski definition) is 4. The lowest BCUT2D eigenvalue weighted by Gasteiger charge is -2.27. The van der Waals surface area contributed by atoms with Crippen LogP contribution in [0.1, 0.15) is 11.8 Å². The lowest BCUT2D eigenvalue weighted by molar-refractivity contribution is -0.128. The van der Waals surface area contributed by atoms with Crippen LogP contribution in [0.5, 0.6) is 0 Å². The third kappa shape index (κ3) is 2.97. The number of rotatable bonds is 3. The van der Waals surface area contributed by atoms with Gasteiger partial charge in [-0.2, -0.15) is 0 Å². The van der Waals surface area contributed by atoms with Crippen LogP contribution in [0.3, 0.4) is 0 Å².